The Morgan fingerprint density at radius 3 is 2.33 bits per heavy atom. The summed E-state index contributed by atoms with van der Waals surface area (Å²) >= 11 is 0. The van der Waals surface area contributed by atoms with Gasteiger partial charge in [0, 0.05) is 0 Å². The Morgan fingerprint density at radius 1 is 0.810 bits per heavy atom. The highest BCUT2D eigenvalue weighted by molar-refractivity contribution is 5.09. The number of fused-ring (bicyclic) bond motifs is 5. The molecule has 0 aromatic heterocycles. The Bertz CT molecular complexity index is 418. The lowest BCUT2D eigenvalue weighted by Crippen LogP contribution is -2.53. The minimum Gasteiger partial charge on any atom is -0.393 e. The number of aliphatic hydroxyl groups is 1. The first kappa shape index (κ1) is 14.5. The third kappa shape index (κ3) is 1.92. The lowest BCUT2D eigenvalue weighted by molar-refractivity contribution is -0.125. The van der Waals surface area contributed by atoms with Crippen LogP contribution in [0.2, 0.25) is 0 Å². The Morgan fingerprint density at radius 2 is 1.52 bits per heavy atom. The van der Waals surface area contributed by atoms with E-state index in [4.69, 9.17) is 0 Å². The second kappa shape index (κ2) is 4.73. The molecule has 0 spiro atoms. The molecule has 21 heavy (non-hydrogen) atoms. The Kier molecular flexibility index (Phi) is 3.27. The molecule has 0 radical (unpaired) electrons. The molecule has 0 aromatic carbocycles. The molecule has 0 amide bonds. The zero-order valence-corrected chi connectivity index (χ0v) is 14.3. The van der Waals surface area contributed by atoms with Gasteiger partial charge in [0.2, 0.25) is 0 Å². The molecule has 4 aliphatic rings. The van der Waals surface area contributed by atoms with Gasteiger partial charge in [0.25, 0.3) is 0 Å². The fourth-order valence-corrected chi connectivity index (χ4v) is 7.44. The van der Waals surface area contributed by atoms with Crippen molar-refractivity contribution in [3.8, 4) is 0 Å². The quantitative estimate of drug-likeness (QED) is 0.663. The molecule has 4 fully saturated rings. The van der Waals surface area contributed by atoms with Gasteiger partial charge in [-0.3, -0.25) is 0 Å². The topological polar surface area (TPSA) is 20.2 Å². The van der Waals surface area contributed by atoms with Crippen LogP contribution in [0.5, 0.6) is 0 Å². The highest BCUT2D eigenvalue weighted by atomic mass is 16.3. The summed E-state index contributed by atoms with van der Waals surface area (Å²) in [4.78, 5) is 0. The Hall–Kier alpha value is -0.0400. The van der Waals surface area contributed by atoms with Crippen molar-refractivity contribution in [2.24, 2.45) is 40.4 Å². The van der Waals surface area contributed by atoms with E-state index >= 15 is 0 Å². The predicted octanol–water partition coefficient (Wildman–Crippen LogP) is 5.03. The van der Waals surface area contributed by atoms with Gasteiger partial charge in [0.1, 0.15) is 0 Å². The van der Waals surface area contributed by atoms with Crippen LogP contribution in [-0.4, -0.2) is 11.2 Å². The summed E-state index contributed by atoms with van der Waals surface area (Å²) in [5, 5.41) is 10.5. The van der Waals surface area contributed by atoms with Gasteiger partial charge in [-0.05, 0) is 91.8 Å². The second-order valence-corrected chi connectivity index (χ2v) is 9.67. The summed E-state index contributed by atoms with van der Waals surface area (Å²) in [6, 6.07) is 0. The van der Waals surface area contributed by atoms with Gasteiger partial charge in [0.05, 0.1) is 6.10 Å². The van der Waals surface area contributed by atoms with E-state index in [1.165, 1.54) is 51.4 Å². The number of rotatable bonds is 0. The largest absolute Gasteiger partial charge is 0.393 e. The van der Waals surface area contributed by atoms with E-state index in [2.05, 4.69) is 20.8 Å². The molecule has 4 rings (SSSR count). The van der Waals surface area contributed by atoms with E-state index in [9.17, 15) is 5.11 Å². The molecule has 8 atom stereocenters. The smallest absolute Gasteiger partial charge is 0.0596 e. The maximum absolute atomic E-state index is 10.5. The van der Waals surface area contributed by atoms with Crippen molar-refractivity contribution < 1.29 is 5.11 Å². The minimum atomic E-state index is -0.0136. The minimum absolute atomic E-state index is 0.0136. The van der Waals surface area contributed by atoms with Crippen LogP contribution >= 0.6 is 0 Å². The van der Waals surface area contributed by atoms with Crippen LogP contribution in [-0.2, 0) is 0 Å². The van der Waals surface area contributed by atoms with Crippen LogP contribution in [0.1, 0.15) is 78.6 Å². The fraction of sp³-hybridized carbons (Fsp3) is 1.00. The van der Waals surface area contributed by atoms with E-state index in [1.54, 1.807) is 0 Å². The summed E-state index contributed by atoms with van der Waals surface area (Å²) in [5.41, 5.74) is 0.886. The Labute approximate surface area is 130 Å². The molecule has 0 aliphatic heterocycles. The summed E-state index contributed by atoms with van der Waals surface area (Å²) in [6.45, 7) is 7.52. The van der Waals surface area contributed by atoms with Crippen LogP contribution in [0.3, 0.4) is 0 Å². The van der Waals surface area contributed by atoms with Crippen molar-refractivity contribution in [3.63, 3.8) is 0 Å². The lowest BCUT2D eigenvalue weighted by atomic mass is 9.44. The lowest BCUT2D eigenvalue weighted by Gasteiger charge is -2.60. The molecule has 4 aliphatic carbocycles. The third-order valence-corrected chi connectivity index (χ3v) is 8.88. The van der Waals surface area contributed by atoms with E-state index in [0.717, 1.165) is 36.0 Å². The summed E-state index contributed by atoms with van der Waals surface area (Å²) in [6.07, 6.45) is 12.4. The van der Waals surface area contributed by atoms with Gasteiger partial charge in [0.15, 0.2) is 0 Å². The molecule has 1 nitrogen and oxygen atoms in total. The first-order chi connectivity index (χ1) is 9.95. The van der Waals surface area contributed by atoms with Crippen LogP contribution < -0.4 is 0 Å². The fourth-order valence-electron chi connectivity index (χ4n) is 7.44. The van der Waals surface area contributed by atoms with Gasteiger partial charge in [-0.1, -0.05) is 27.2 Å². The van der Waals surface area contributed by atoms with Gasteiger partial charge in [-0.15, -0.1) is 0 Å². The van der Waals surface area contributed by atoms with E-state index in [-0.39, 0.29) is 11.5 Å². The third-order valence-electron chi connectivity index (χ3n) is 8.88. The molecule has 0 unspecified atom stereocenters. The normalized spacial score (nSPS) is 60.0. The van der Waals surface area contributed by atoms with E-state index < -0.39 is 0 Å². The number of aliphatic hydroxyl groups excluding tert-OH is 1. The predicted molar refractivity (Wildman–Crippen MR) is 86.9 cm³/mol. The summed E-state index contributed by atoms with van der Waals surface area (Å²) in [5.74, 6) is 4.67. The summed E-state index contributed by atoms with van der Waals surface area (Å²) in [7, 11) is 0. The number of hydrogen-bond donors (Lipinski definition) is 1. The highest BCUT2D eigenvalue weighted by Gasteiger charge is 2.59. The van der Waals surface area contributed by atoms with Gasteiger partial charge < -0.3 is 5.11 Å². The van der Waals surface area contributed by atoms with Gasteiger partial charge >= 0.3 is 0 Å². The highest BCUT2D eigenvalue weighted by Crippen LogP contribution is 2.66. The van der Waals surface area contributed by atoms with Crippen molar-refractivity contribution in [3.05, 3.63) is 0 Å². The van der Waals surface area contributed by atoms with E-state index in [1.807, 2.05) is 0 Å². The molecule has 1 N–H and O–H groups in total. The molecule has 0 aromatic rings. The average Bonchev–Trinajstić information content (AvgIpc) is 2.76. The van der Waals surface area contributed by atoms with Gasteiger partial charge in [-0.2, -0.15) is 0 Å². The zero-order valence-electron chi connectivity index (χ0n) is 14.3. The molecular weight excluding hydrogens is 256 g/mol. The molecule has 4 saturated carbocycles. The molecule has 120 valence electrons. The molecule has 0 saturated heterocycles. The van der Waals surface area contributed by atoms with Crippen molar-refractivity contribution in [2.45, 2.75) is 84.7 Å². The molecule has 0 heterocycles. The van der Waals surface area contributed by atoms with Crippen molar-refractivity contribution in [1.29, 1.82) is 0 Å². The molecular formula is C20H34O. The van der Waals surface area contributed by atoms with Crippen molar-refractivity contribution >= 4 is 0 Å². The molecule has 1 heteroatoms. The zero-order chi connectivity index (χ0) is 14.8. The van der Waals surface area contributed by atoms with Crippen LogP contribution in [0.25, 0.3) is 0 Å². The standard InChI is InChI=1S/C20H34O/c1-13-8-10-19(2)14(12-13)4-5-15-16-6-7-18(21)20(16,3)11-9-17(15)19/h13-18,21H,4-12H2,1-3H3/t13-,14-,15-,16-,17-,18-,19-,20-/m0/s1. The average molecular weight is 290 g/mol. The second-order valence-electron chi connectivity index (χ2n) is 9.67. The van der Waals surface area contributed by atoms with Crippen LogP contribution in [0.4, 0.5) is 0 Å². The first-order valence-corrected chi connectivity index (χ1v) is 9.63. The summed E-state index contributed by atoms with van der Waals surface area (Å²) < 4.78 is 0. The van der Waals surface area contributed by atoms with Crippen molar-refractivity contribution in [2.75, 3.05) is 0 Å². The first-order valence-electron chi connectivity index (χ1n) is 9.63. The van der Waals surface area contributed by atoms with Gasteiger partial charge in [-0.25, -0.2) is 0 Å². The molecule has 0 bridgehead atoms. The van der Waals surface area contributed by atoms with E-state index in [0.29, 0.717) is 5.41 Å². The number of hydrogen-bond acceptors (Lipinski definition) is 1. The monoisotopic (exact) mass is 290 g/mol. The maximum atomic E-state index is 10.5. The SMILES string of the molecule is C[C@H]1CC[C@@]2(C)[C@@H](CC[C@@H]3[C@@H]2CC[C@]2(C)[C@@H](O)CC[C@@H]32)C1. The van der Waals surface area contributed by atoms with Crippen molar-refractivity contribution in [1.82, 2.24) is 0 Å². The Balaban J connectivity index is 1.62. The van der Waals surface area contributed by atoms with Crippen LogP contribution in [0.15, 0.2) is 0 Å². The maximum Gasteiger partial charge on any atom is 0.0596 e. The van der Waals surface area contributed by atoms with Crippen LogP contribution in [0, 0.1) is 40.4 Å².